The molecule has 0 saturated heterocycles. The Morgan fingerprint density at radius 2 is 0.911 bits per heavy atom. The van der Waals surface area contributed by atoms with Gasteiger partial charge in [0.2, 0.25) is 0 Å². The molecule has 7 aromatic carbocycles. The van der Waals surface area contributed by atoms with E-state index in [1.807, 2.05) is 0 Å². The summed E-state index contributed by atoms with van der Waals surface area (Å²) in [4.78, 5) is 2.33. The van der Waals surface area contributed by atoms with Crippen molar-refractivity contribution in [3.05, 3.63) is 184 Å². The van der Waals surface area contributed by atoms with Gasteiger partial charge in [-0.2, -0.15) is 0 Å². The Hall–Kier alpha value is -5.40. The van der Waals surface area contributed by atoms with Crippen LogP contribution in [0.4, 0.5) is 17.1 Å². The van der Waals surface area contributed by atoms with Gasteiger partial charge in [0.15, 0.2) is 0 Å². The molecule has 0 N–H and O–H groups in total. The normalized spacial score (nSPS) is 11.1. The highest BCUT2D eigenvalue weighted by Crippen LogP contribution is 2.35. The van der Waals surface area contributed by atoms with Crippen LogP contribution in [-0.2, 0) is 6.42 Å². The Bertz CT molecular complexity index is 2120. The molecule has 0 fully saturated rings. The number of hydrogen-bond donors (Lipinski definition) is 0. The largest absolute Gasteiger partial charge is 0.311 e. The van der Waals surface area contributed by atoms with Crippen molar-refractivity contribution in [2.45, 2.75) is 27.2 Å². The first-order chi connectivity index (χ1) is 22.0. The van der Waals surface area contributed by atoms with E-state index in [-0.39, 0.29) is 0 Å². The molecule has 1 heteroatoms. The van der Waals surface area contributed by atoms with Gasteiger partial charge >= 0.3 is 0 Å². The molecule has 0 aliphatic heterocycles. The molecule has 0 amide bonds. The molecule has 0 aromatic heterocycles. The summed E-state index contributed by atoms with van der Waals surface area (Å²) in [7, 11) is 0. The van der Waals surface area contributed by atoms with Gasteiger partial charge < -0.3 is 4.90 Å². The average Bonchev–Trinajstić information content (AvgIpc) is 3.07. The van der Waals surface area contributed by atoms with Crippen molar-refractivity contribution in [1.82, 2.24) is 0 Å². The zero-order chi connectivity index (χ0) is 30.8. The minimum atomic E-state index is 0.928. The second kappa shape index (κ2) is 12.3. The predicted octanol–water partition coefficient (Wildman–Crippen LogP) is 10.3. The van der Waals surface area contributed by atoms with Gasteiger partial charge in [0.25, 0.3) is 0 Å². The molecule has 0 bridgehead atoms. The van der Waals surface area contributed by atoms with Crippen LogP contribution in [0.2, 0.25) is 0 Å². The van der Waals surface area contributed by atoms with Crippen LogP contribution in [0, 0.1) is 13.8 Å². The topological polar surface area (TPSA) is 3.24 Å². The maximum Gasteiger partial charge on any atom is 0.0462 e. The zero-order valence-electron chi connectivity index (χ0n) is 26.2. The van der Waals surface area contributed by atoms with Crippen LogP contribution in [-0.4, -0.2) is 0 Å². The highest BCUT2D eigenvalue weighted by molar-refractivity contribution is 6.02. The monoisotopic (exact) mass is 579 g/mol. The first-order valence-electron chi connectivity index (χ1n) is 15.7. The van der Waals surface area contributed by atoms with Crippen LogP contribution < -0.4 is 15.3 Å². The van der Waals surface area contributed by atoms with Gasteiger partial charge in [0.05, 0.1) is 0 Å². The van der Waals surface area contributed by atoms with E-state index in [9.17, 15) is 0 Å². The molecule has 0 unspecified atom stereocenters. The van der Waals surface area contributed by atoms with E-state index >= 15 is 0 Å². The first-order valence-corrected chi connectivity index (χ1v) is 15.7. The SMILES string of the molecule is CC(Cc1ccccc1)=c1c2ccccc2c(=Cc2ccc(N(c3ccc(C)cc3)c3ccc(C)cc3)cc2)c2ccccc12. The standard InChI is InChI=1S/C44H37N/c1-31-17-23-36(24-18-31)45(37-25-19-32(2)20-26-37)38-27-21-35(22-28-38)30-43-39-13-7-9-15-41(39)44(42-16-10-8-14-40(42)43)33(3)29-34-11-5-4-6-12-34/h4-28,30H,29H2,1-3H3. The predicted molar refractivity (Wildman–Crippen MR) is 194 cm³/mol. The van der Waals surface area contributed by atoms with E-state index in [4.69, 9.17) is 0 Å². The molecule has 45 heavy (non-hydrogen) atoms. The highest BCUT2D eigenvalue weighted by Gasteiger charge is 2.13. The average molecular weight is 580 g/mol. The Morgan fingerprint density at radius 3 is 1.40 bits per heavy atom. The lowest BCUT2D eigenvalue weighted by Gasteiger charge is -2.26. The summed E-state index contributed by atoms with van der Waals surface area (Å²) < 4.78 is 0. The molecule has 0 aliphatic carbocycles. The van der Waals surface area contributed by atoms with Crippen LogP contribution in [0.5, 0.6) is 0 Å². The molecule has 0 spiro atoms. The minimum absolute atomic E-state index is 0.928. The van der Waals surface area contributed by atoms with Crippen molar-refractivity contribution >= 4 is 50.3 Å². The molecule has 0 radical (unpaired) electrons. The Balaban J connectivity index is 1.38. The third-order valence-electron chi connectivity index (χ3n) is 8.76. The summed E-state index contributed by atoms with van der Waals surface area (Å²) in [5.41, 5.74) is 9.85. The number of anilines is 3. The lowest BCUT2D eigenvalue weighted by Crippen LogP contribution is -2.17. The van der Waals surface area contributed by atoms with Crippen LogP contribution in [0.25, 0.3) is 33.2 Å². The van der Waals surface area contributed by atoms with Gasteiger partial charge in [-0.25, -0.2) is 0 Å². The van der Waals surface area contributed by atoms with E-state index in [1.165, 1.54) is 59.8 Å². The zero-order valence-corrected chi connectivity index (χ0v) is 26.2. The van der Waals surface area contributed by atoms with Gasteiger partial charge in [-0.05, 0) is 113 Å². The number of hydrogen-bond acceptors (Lipinski definition) is 1. The highest BCUT2D eigenvalue weighted by atomic mass is 15.1. The van der Waals surface area contributed by atoms with Crippen molar-refractivity contribution in [3.63, 3.8) is 0 Å². The molecule has 0 saturated carbocycles. The molecule has 218 valence electrons. The second-order valence-electron chi connectivity index (χ2n) is 12.1. The molecular weight excluding hydrogens is 542 g/mol. The lowest BCUT2D eigenvalue weighted by molar-refractivity contribution is 1.26. The maximum absolute atomic E-state index is 2.35. The van der Waals surface area contributed by atoms with Crippen molar-refractivity contribution in [2.24, 2.45) is 0 Å². The summed E-state index contributed by atoms with van der Waals surface area (Å²) >= 11 is 0. The molecular formula is C44H37N. The Morgan fingerprint density at radius 1 is 0.489 bits per heavy atom. The number of rotatable bonds is 6. The smallest absolute Gasteiger partial charge is 0.0462 e. The molecule has 0 heterocycles. The summed E-state index contributed by atoms with van der Waals surface area (Å²) in [6.07, 6.45) is 3.28. The fourth-order valence-electron chi connectivity index (χ4n) is 6.49. The van der Waals surface area contributed by atoms with E-state index < -0.39 is 0 Å². The summed E-state index contributed by atoms with van der Waals surface area (Å²) in [6, 6.07) is 55.0. The van der Waals surface area contributed by atoms with Gasteiger partial charge in [0, 0.05) is 17.1 Å². The summed E-state index contributed by atoms with van der Waals surface area (Å²) in [5, 5.41) is 7.78. The fourth-order valence-corrected chi connectivity index (χ4v) is 6.49. The summed E-state index contributed by atoms with van der Waals surface area (Å²) in [6.45, 7) is 6.55. The third-order valence-corrected chi connectivity index (χ3v) is 8.76. The van der Waals surface area contributed by atoms with Crippen LogP contribution in [0.15, 0.2) is 152 Å². The van der Waals surface area contributed by atoms with Crippen LogP contribution >= 0.6 is 0 Å². The molecule has 7 rings (SSSR count). The number of benzene rings is 7. The van der Waals surface area contributed by atoms with Gasteiger partial charge in [0.1, 0.15) is 0 Å². The van der Waals surface area contributed by atoms with Gasteiger partial charge in [-0.3, -0.25) is 0 Å². The molecule has 0 atom stereocenters. The molecule has 7 aromatic rings. The third kappa shape index (κ3) is 5.78. The second-order valence-corrected chi connectivity index (χ2v) is 12.1. The van der Waals surface area contributed by atoms with Crippen molar-refractivity contribution < 1.29 is 0 Å². The summed E-state index contributed by atoms with van der Waals surface area (Å²) in [5.74, 6) is 0. The Kier molecular flexibility index (Phi) is 7.76. The molecule has 0 aliphatic rings. The van der Waals surface area contributed by atoms with Crippen molar-refractivity contribution in [1.29, 1.82) is 0 Å². The van der Waals surface area contributed by atoms with Crippen molar-refractivity contribution in [3.8, 4) is 0 Å². The van der Waals surface area contributed by atoms with Gasteiger partial charge in [-0.1, -0.05) is 132 Å². The number of nitrogens with zero attached hydrogens (tertiary/aromatic N) is 1. The van der Waals surface area contributed by atoms with E-state index in [2.05, 4.69) is 183 Å². The lowest BCUT2D eigenvalue weighted by atomic mass is 9.93. The number of aryl methyl sites for hydroxylation is 2. The van der Waals surface area contributed by atoms with E-state index in [0.29, 0.717) is 0 Å². The van der Waals surface area contributed by atoms with Crippen molar-refractivity contribution in [2.75, 3.05) is 4.90 Å². The van der Waals surface area contributed by atoms with Crippen LogP contribution in [0.3, 0.4) is 0 Å². The van der Waals surface area contributed by atoms with Gasteiger partial charge in [-0.15, -0.1) is 0 Å². The number of fused-ring (bicyclic) bond motifs is 2. The fraction of sp³-hybridized carbons (Fsp3) is 0.0909. The Labute approximate surface area is 266 Å². The van der Waals surface area contributed by atoms with E-state index in [1.54, 1.807) is 0 Å². The minimum Gasteiger partial charge on any atom is -0.311 e. The van der Waals surface area contributed by atoms with Crippen LogP contribution in [0.1, 0.15) is 29.2 Å². The first kappa shape index (κ1) is 28.4. The van der Waals surface area contributed by atoms with E-state index in [0.717, 1.165) is 23.5 Å². The molecule has 1 nitrogen and oxygen atoms in total. The quantitative estimate of drug-likeness (QED) is 0.177. The maximum atomic E-state index is 2.35.